The van der Waals surface area contributed by atoms with Crippen LogP contribution in [0.4, 0.5) is 0 Å². The molecular weight excluding hydrogens is 190 g/mol. The third-order valence-corrected chi connectivity index (χ3v) is 2.78. The Hall–Kier alpha value is -1.84. The van der Waals surface area contributed by atoms with E-state index in [1.807, 2.05) is 35.0 Å². The number of fused-ring (bicyclic) bond motifs is 1. The van der Waals surface area contributed by atoms with Gasteiger partial charge in [0.15, 0.2) is 0 Å². The lowest BCUT2D eigenvalue weighted by Gasteiger charge is -1.99. The molecule has 3 rings (SSSR count). The fourth-order valence-electron chi connectivity index (χ4n) is 1.97. The Bertz CT molecular complexity index is 484. The second-order valence-corrected chi connectivity index (χ2v) is 3.84. The maximum atomic E-state index is 11.1. The molecule has 1 unspecified atom stereocenters. The summed E-state index contributed by atoms with van der Waals surface area (Å²) >= 11 is 0. The number of imidazole rings is 1. The van der Waals surface area contributed by atoms with Crippen LogP contribution in [0.5, 0.6) is 0 Å². The first-order chi connectivity index (χ1) is 7.33. The minimum atomic E-state index is 0.122. The number of hydrogen-bond donors (Lipinski definition) is 1. The van der Waals surface area contributed by atoms with Crippen molar-refractivity contribution in [1.82, 2.24) is 14.7 Å². The van der Waals surface area contributed by atoms with Gasteiger partial charge in [0.1, 0.15) is 5.65 Å². The largest absolute Gasteiger partial charge is 0.355 e. The van der Waals surface area contributed by atoms with E-state index in [4.69, 9.17) is 0 Å². The van der Waals surface area contributed by atoms with E-state index in [2.05, 4.69) is 10.3 Å². The van der Waals surface area contributed by atoms with Crippen molar-refractivity contribution in [2.24, 2.45) is 0 Å². The summed E-state index contributed by atoms with van der Waals surface area (Å²) in [4.78, 5) is 15.6. The second-order valence-electron chi connectivity index (χ2n) is 3.84. The van der Waals surface area contributed by atoms with Gasteiger partial charge in [-0.1, -0.05) is 6.07 Å². The topological polar surface area (TPSA) is 46.4 Å². The zero-order valence-electron chi connectivity index (χ0n) is 8.18. The van der Waals surface area contributed by atoms with Crippen LogP contribution in [0.3, 0.4) is 0 Å². The third kappa shape index (κ3) is 1.38. The average molecular weight is 201 g/mol. The molecule has 4 nitrogen and oxygen atoms in total. The van der Waals surface area contributed by atoms with Gasteiger partial charge in [0, 0.05) is 31.3 Å². The SMILES string of the molecule is O=C1CC(c2cn3ccccc3n2)CN1. The average Bonchev–Trinajstić information content (AvgIpc) is 2.82. The van der Waals surface area contributed by atoms with Crippen LogP contribution < -0.4 is 5.32 Å². The molecule has 1 aliphatic rings. The van der Waals surface area contributed by atoms with Crippen molar-refractivity contribution < 1.29 is 4.79 Å². The molecule has 2 aromatic heterocycles. The van der Waals surface area contributed by atoms with Gasteiger partial charge in [-0.2, -0.15) is 0 Å². The van der Waals surface area contributed by atoms with Gasteiger partial charge in [-0.3, -0.25) is 4.79 Å². The van der Waals surface area contributed by atoms with E-state index in [1.165, 1.54) is 0 Å². The van der Waals surface area contributed by atoms with Crippen molar-refractivity contribution in [3.63, 3.8) is 0 Å². The lowest BCUT2D eigenvalue weighted by Crippen LogP contribution is -2.13. The number of hydrogen-bond acceptors (Lipinski definition) is 2. The Morgan fingerprint density at radius 2 is 2.40 bits per heavy atom. The van der Waals surface area contributed by atoms with Gasteiger partial charge in [-0.25, -0.2) is 4.98 Å². The molecule has 0 aromatic carbocycles. The van der Waals surface area contributed by atoms with Gasteiger partial charge in [-0.15, -0.1) is 0 Å². The summed E-state index contributed by atoms with van der Waals surface area (Å²) in [5.74, 6) is 0.356. The van der Waals surface area contributed by atoms with Gasteiger partial charge in [-0.05, 0) is 12.1 Å². The number of carbonyl (C=O) groups excluding carboxylic acids is 1. The van der Waals surface area contributed by atoms with Gasteiger partial charge in [0.25, 0.3) is 0 Å². The summed E-state index contributed by atoms with van der Waals surface area (Å²) in [7, 11) is 0. The molecule has 1 amide bonds. The number of carbonyl (C=O) groups is 1. The predicted molar refractivity (Wildman–Crippen MR) is 55.6 cm³/mol. The lowest BCUT2D eigenvalue weighted by molar-refractivity contribution is -0.119. The minimum absolute atomic E-state index is 0.122. The molecule has 1 atom stereocenters. The van der Waals surface area contributed by atoms with E-state index in [0.29, 0.717) is 13.0 Å². The predicted octanol–water partition coefficient (Wildman–Crippen LogP) is 0.938. The van der Waals surface area contributed by atoms with Crippen molar-refractivity contribution in [1.29, 1.82) is 0 Å². The van der Waals surface area contributed by atoms with Crippen molar-refractivity contribution in [2.45, 2.75) is 12.3 Å². The Balaban J connectivity index is 2.01. The number of amides is 1. The summed E-state index contributed by atoms with van der Waals surface area (Å²) < 4.78 is 1.98. The highest BCUT2D eigenvalue weighted by molar-refractivity contribution is 5.79. The summed E-state index contributed by atoms with van der Waals surface area (Å²) in [6.45, 7) is 0.711. The molecule has 1 fully saturated rings. The Kier molecular flexibility index (Phi) is 1.74. The quantitative estimate of drug-likeness (QED) is 0.746. The zero-order chi connectivity index (χ0) is 10.3. The molecule has 76 valence electrons. The van der Waals surface area contributed by atoms with E-state index < -0.39 is 0 Å². The summed E-state index contributed by atoms with van der Waals surface area (Å²) in [5.41, 5.74) is 1.94. The molecule has 0 aliphatic carbocycles. The Labute approximate surface area is 86.9 Å². The van der Waals surface area contributed by atoms with Crippen LogP contribution in [0.15, 0.2) is 30.6 Å². The number of nitrogens with one attached hydrogen (secondary N) is 1. The number of pyridine rings is 1. The standard InChI is InChI=1S/C11H11N3O/c15-11-5-8(6-12-11)9-7-14-4-2-1-3-10(14)13-9/h1-4,7-8H,5-6H2,(H,12,15). The fraction of sp³-hybridized carbons (Fsp3) is 0.273. The van der Waals surface area contributed by atoms with Crippen LogP contribution in [0.1, 0.15) is 18.0 Å². The maximum Gasteiger partial charge on any atom is 0.220 e. The monoisotopic (exact) mass is 201 g/mol. The number of aromatic nitrogens is 2. The first-order valence-electron chi connectivity index (χ1n) is 5.03. The van der Waals surface area contributed by atoms with Crippen molar-refractivity contribution in [2.75, 3.05) is 6.54 Å². The molecular formula is C11H11N3O. The van der Waals surface area contributed by atoms with E-state index in [-0.39, 0.29) is 11.8 Å². The van der Waals surface area contributed by atoms with E-state index >= 15 is 0 Å². The van der Waals surface area contributed by atoms with Gasteiger partial charge >= 0.3 is 0 Å². The molecule has 4 heteroatoms. The molecule has 0 spiro atoms. The highest BCUT2D eigenvalue weighted by Crippen LogP contribution is 2.22. The smallest absolute Gasteiger partial charge is 0.220 e. The van der Waals surface area contributed by atoms with E-state index in [0.717, 1.165) is 11.3 Å². The molecule has 1 N–H and O–H groups in total. The highest BCUT2D eigenvalue weighted by Gasteiger charge is 2.24. The van der Waals surface area contributed by atoms with Crippen LogP contribution in [-0.4, -0.2) is 21.8 Å². The molecule has 0 saturated carbocycles. The van der Waals surface area contributed by atoms with Gasteiger partial charge in [0.2, 0.25) is 5.91 Å². The van der Waals surface area contributed by atoms with Crippen molar-refractivity contribution in [3.05, 3.63) is 36.3 Å². The maximum absolute atomic E-state index is 11.1. The number of rotatable bonds is 1. The normalized spacial score (nSPS) is 20.8. The molecule has 1 saturated heterocycles. The number of nitrogens with zero attached hydrogens (tertiary/aromatic N) is 2. The van der Waals surface area contributed by atoms with Crippen molar-refractivity contribution >= 4 is 11.6 Å². The molecule has 0 bridgehead atoms. The molecule has 1 aliphatic heterocycles. The third-order valence-electron chi connectivity index (χ3n) is 2.78. The molecule has 15 heavy (non-hydrogen) atoms. The van der Waals surface area contributed by atoms with Crippen LogP contribution in [0.2, 0.25) is 0 Å². The van der Waals surface area contributed by atoms with Crippen molar-refractivity contribution in [3.8, 4) is 0 Å². The summed E-state index contributed by atoms with van der Waals surface area (Å²) in [6.07, 6.45) is 4.53. The Morgan fingerprint density at radius 3 is 3.13 bits per heavy atom. The first kappa shape index (κ1) is 8.47. The van der Waals surface area contributed by atoms with E-state index in [9.17, 15) is 4.79 Å². The minimum Gasteiger partial charge on any atom is -0.355 e. The summed E-state index contributed by atoms with van der Waals surface area (Å²) in [5, 5.41) is 2.82. The molecule has 2 aromatic rings. The zero-order valence-corrected chi connectivity index (χ0v) is 8.18. The van der Waals surface area contributed by atoms with E-state index in [1.54, 1.807) is 0 Å². The summed E-state index contributed by atoms with van der Waals surface area (Å²) in [6, 6.07) is 5.90. The van der Waals surface area contributed by atoms with Crippen LogP contribution in [0, 0.1) is 0 Å². The second kappa shape index (κ2) is 3.08. The van der Waals surface area contributed by atoms with Crippen LogP contribution in [0.25, 0.3) is 5.65 Å². The fourth-order valence-corrected chi connectivity index (χ4v) is 1.97. The lowest BCUT2D eigenvalue weighted by atomic mass is 10.1. The highest BCUT2D eigenvalue weighted by atomic mass is 16.1. The van der Waals surface area contributed by atoms with Gasteiger partial charge < -0.3 is 9.72 Å². The first-order valence-corrected chi connectivity index (χ1v) is 5.03. The van der Waals surface area contributed by atoms with Gasteiger partial charge in [0.05, 0.1) is 5.69 Å². The van der Waals surface area contributed by atoms with Crippen LogP contribution >= 0.6 is 0 Å². The molecule has 0 radical (unpaired) electrons. The molecule has 3 heterocycles. The Morgan fingerprint density at radius 1 is 1.47 bits per heavy atom. The van der Waals surface area contributed by atoms with Crippen LogP contribution in [-0.2, 0) is 4.79 Å².